The van der Waals surface area contributed by atoms with Crippen molar-refractivity contribution in [2.75, 3.05) is 5.32 Å². The highest BCUT2D eigenvalue weighted by atomic mass is 35.5. The second-order valence-corrected chi connectivity index (χ2v) is 5.24. The maximum absolute atomic E-state index is 12.2. The van der Waals surface area contributed by atoms with Crippen LogP contribution in [0.15, 0.2) is 42.5 Å². The number of hydrogen-bond acceptors (Lipinski definition) is 2. The minimum atomic E-state index is -0.368. The van der Waals surface area contributed by atoms with Gasteiger partial charge in [-0.25, -0.2) is 0 Å². The Hall–Kier alpha value is -1.84. The van der Waals surface area contributed by atoms with Crippen molar-refractivity contribution < 1.29 is 9.59 Å². The van der Waals surface area contributed by atoms with Gasteiger partial charge in [0.1, 0.15) is 0 Å². The van der Waals surface area contributed by atoms with Gasteiger partial charge in [-0.2, -0.15) is 0 Å². The average molecular weight is 322 g/mol. The number of Topliss-reactive ketones (excluding diaryl/α,β-unsaturated/α-hetero) is 1. The van der Waals surface area contributed by atoms with Gasteiger partial charge in [0, 0.05) is 17.0 Å². The van der Waals surface area contributed by atoms with Gasteiger partial charge in [0.05, 0.1) is 16.3 Å². The molecular weight excluding hydrogens is 309 g/mol. The summed E-state index contributed by atoms with van der Waals surface area (Å²) in [5, 5.41) is 3.51. The molecule has 0 radical (unpaired) electrons. The van der Waals surface area contributed by atoms with E-state index >= 15 is 0 Å². The molecule has 1 amide bonds. The fraction of sp³-hybridized carbons (Fsp3) is 0.125. The lowest BCUT2D eigenvalue weighted by atomic mass is 10.1. The lowest BCUT2D eigenvalue weighted by Crippen LogP contribution is -2.15. The van der Waals surface area contributed by atoms with E-state index < -0.39 is 0 Å². The Morgan fingerprint density at radius 1 is 1.05 bits per heavy atom. The van der Waals surface area contributed by atoms with Crippen LogP contribution in [0.1, 0.15) is 34.1 Å². The zero-order valence-electron chi connectivity index (χ0n) is 11.3. The van der Waals surface area contributed by atoms with E-state index in [-0.39, 0.29) is 11.7 Å². The number of hydrogen-bond donors (Lipinski definition) is 1. The molecule has 0 fully saturated rings. The van der Waals surface area contributed by atoms with Crippen LogP contribution in [0.4, 0.5) is 5.69 Å². The van der Waals surface area contributed by atoms with Crippen molar-refractivity contribution in [3.8, 4) is 0 Å². The zero-order chi connectivity index (χ0) is 15.4. The Labute approximate surface area is 132 Å². The maximum atomic E-state index is 12.2. The van der Waals surface area contributed by atoms with Gasteiger partial charge in [-0.15, -0.1) is 0 Å². The van der Waals surface area contributed by atoms with Gasteiger partial charge in [-0.3, -0.25) is 9.59 Å². The number of benzene rings is 2. The molecular formula is C16H13Cl2NO2. The van der Waals surface area contributed by atoms with Crippen LogP contribution in [0.5, 0.6) is 0 Å². The van der Waals surface area contributed by atoms with Crippen LogP contribution in [-0.4, -0.2) is 11.7 Å². The summed E-state index contributed by atoms with van der Waals surface area (Å²) in [6.45, 7) is 1.75. The van der Waals surface area contributed by atoms with Crippen molar-refractivity contribution >= 4 is 40.6 Å². The third-order valence-electron chi connectivity index (χ3n) is 2.97. The highest BCUT2D eigenvalue weighted by Crippen LogP contribution is 2.24. The monoisotopic (exact) mass is 321 g/mol. The van der Waals surface area contributed by atoms with E-state index in [9.17, 15) is 9.59 Å². The molecule has 0 aliphatic heterocycles. The molecule has 108 valence electrons. The number of carbonyl (C=O) groups is 2. The Bertz CT molecular complexity index is 698. The highest BCUT2D eigenvalue weighted by molar-refractivity contribution is 6.34. The Morgan fingerprint density at radius 3 is 2.43 bits per heavy atom. The van der Waals surface area contributed by atoms with E-state index in [2.05, 4.69) is 5.32 Å². The third-order valence-corrected chi connectivity index (χ3v) is 3.53. The Morgan fingerprint density at radius 2 is 1.76 bits per heavy atom. The summed E-state index contributed by atoms with van der Waals surface area (Å²) in [4.78, 5) is 24.2. The van der Waals surface area contributed by atoms with Gasteiger partial charge < -0.3 is 5.32 Å². The van der Waals surface area contributed by atoms with E-state index in [0.717, 1.165) is 0 Å². The van der Waals surface area contributed by atoms with E-state index in [0.29, 0.717) is 33.3 Å². The minimum Gasteiger partial charge on any atom is -0.321 e. The maximum Gasteiger partial charge on any atom is 0.257 e. The molecule has 21 heavy (non-hydrogen) atoms. The van der Waals surface area contributed by atoms with Gasteiger partial charge in [-0.05, 0) is 30.3 Å². The molecule has 2 aromatic rings. The van der Waals surface area contributed by atoms with E-state index in [1.165, 1.54) is 0 Å². The van der Waals surface area contributed by atoms with Crippen molar-refractivity contribution in [3.05, 3.63) is 63.6 Å². The molecule has 3 nitrogen and oxygen atoms in total. The predicted molar refractivity (Wildman–Crippen MR) is 85.5 cm³/mol. The lowest BCUT2D eigenvalue weighted by Gasteiger charge is -2.11. The fourth-order valence-electron chi connectivity index (χ4n) is 1.88. The molecule has 1 N–H and O–H groups in total. The van der Waals surface area contributed by atoms with Gasteiger partial charge >= 0.3 is 0 Å². The van der Waals surface area contributed by atoms with Crippen molar-refractivity contribution in [3.63, 3.8) is 0 Å². The molecule has 0 aromatic heterocycles. The van der Waals surface area contributed by atoms with Crippen molar-refractivity contribution in [1.29, 1.82) is 0 Å². The zero-order valence-corrected chi connectivity index (χ0v) is 12.8. The molecule has 0 saturated carbocycles. The minimum absolute atomic E-state index is 0.0908. The number of nitrogens with one attached hydrogen (secondary N) is 1. The first-order chi connectivity index (χ1) is 10.0. The number of carbonyl (C=O) groups excluding carboxylic acids is 2. The van der Waals surface area contributed by atoms with Crippen LogP contribution in [0.3, 0.4) is 0 Å². The van der Waals surface area contributed by atoms with Crippen molar-refractivity contribution in [2.45, 2.75) is 13.3 Å². The Kier molecular flexibility index (Phi) is 4.99. The first-order valence-corrected chi connectivity index (χ1v) is 7.17. The van der Waals surface area contributed by atoms with Crippen LogP contribution >= 0.6 is 23.2 Å². The lowest BCUT2D eigenvalue weighted by molar-refractivity contribution is 0.0989. The molecule has 0 heterocycles. The molecule has 2 aromatic carbocycles. The largest absolute Gasteiger partial charge is 0.321 e. The fourth-order valence-corrected chi connectivity index (χ4v) is 2.28. The normalized spacial score (nSPS) is 10.2. The smallest absolute Gasteiger partial charge is 0.257 e. The summed E-state index contributed by atoms with van der Waals surface area (Å²) in [5.41, 5.74) is 1.17. The highest BCUT2D eigenvalue weighted by Gasteiger charge is 2.15. The SMILES string of the molecule is CCC(=O)c1cc(Cl)ccc1NC(=O)c1ccccc1Cl. The molecule has 0 saturated heterocycles. The molecule has 0 aliphatic rings. The molecule has 0 unspecified atom stereocenters. The van der Waals surface area contributed by atoms with Crippen LogP contribution in [0, 0.1) is 0 Å². The third kappa shape index (κ3) is 3.63. The summed E-state index contributed by atoms with van der Waals surface area (Å²) in [7, 11) is 0. The topological polar surface area (TPSA) is 46.2 Å². The molecule has 0 atom stereocenters. The summed E-state index contributed by atoms with van der Waals surface area (Å²) in [5.74, 6) is -0.458. The van der Waals surface area contributed by atoms with E-state index in [1.54, 1.807) is 49.4 Å². The van der Waals surface area contributed by atoms with Crippen molar-refractivity contribution in [2.24, 2.45) is 0 Å². The summed E-state index contributed by atoms with van der Waals surface area (Å²) in [6, 6.07) is 11.5. The quantitative estimate of drug-likeness (QED) is 0.819. The van der Waals surface area contributed by atoms with E-state index in [4.69, 9.17) is 23.2 Å². The van der Waals surface area contributed by atoms with Crippen molar-refractivity contribution in [1.82, 2.24) is 0 Å². The molecule has 0 aliphatic carbocycles. The number of anilines is 1. The molecule has 5 heteroatoms. The first kappa shape index (κ1) is 15.5. The average Bonchev–Trinajstić information content (AvgIpc) is 2.48. The second-order valence-electron chi connectivity index (χ2n) is 4.40. The van der Waals surface area contributed by atoms with Crippen LogP contribution in [0.25, 0.3) is 0 Å². The molecule has 0 spiro atoms. The number of rotatable bonds is 4. The number of amides is 1. The molecule has 2 rings (SSSR count). The molecule has 0 bridgehead atoms. The summed E-state index contributed by atoms with van der Waals surface area (Å²) < 4.78 is 0. The van der Waals surface area contributed by atoms with Crippen LogP contribution in [0.2, 0.25) is 10.0 Å². The van der Waals surface area contributed by atoms with Gasteiger partial charge in [0.15, 0.2) is 5.78 Å². The number of halogens is 2. The van der Waals surface area contributed by atoms with Gasteiger partial charge in [-0.1, -0.05) is 42.3 Å². The van der Waals surface area contributed by atoms with Crippen LogP contribution in [-0.2, 0) is 0 Å². The predicted octanol–water partition coefficient (Wildman–Crippen LogP) is 4.84. The van der Waals surface area contributed by atoms with Gasteiger partial charge in [0.2, 0.25) is 0 Å². The van der Waals surface area contributed by atoms with Gasteiger partial charge in [0.25, 0.3) is 5.91 Å². The first-order valence-electron chi connectivity index (χ1n) is 6.41. The second kappa shape index (κ2) is 6.74. The Balaban J connectivity index is 2.34. The number of ketones is 1. The van der Waals surface area contributed by atoms with E-state index in [1.807, 2.05) is 0 Å². The van der Waals surface area contributed by atoms with Crippen LogP contribution < -0.4 is 5.32 Å². The summed E-state index contributed by atoms with van der Waals surface area (Å²) in [6.07, 6.45) is 0.329. The summed E-state index contributed by atoms with van der Waals surface area (Å²) >= 11 is 11.9. The standard InChI is InChI=1S/C16H13Cl2NO2/c1-2-15(20)12-9-10(17)7-8-14(12)19-16(21)11-5-3-4-6-13(11)18/h3-9H,2H2,1H3,(H,19,21).